The molecule has 0 bridgehead atoms. The maximum Gasteiger partial charge on any atom is 0.242 e. The normalized spacial score (nSPS) is 14.8. The van der Waals surface area contributed by atoms with Crippen LogP contribution >= 0.6 is 23.2 Å². The van der Waals surface area contributed by atoms with Crippen molar-refractivity contribution < 1.29 is 4.79 Å². The number of carbonyl (C=O) groups excluding carboxylic acids is 1. The predicted molar refractivity (Wildman–Crippen MR) is 107 cm³/mol. The number of hydrogen-bond donors (Lipinski definition) is 0. The van der Waals surface area contributed by atoms with Crippen LogP contribution in [0.3, 0.4) is 0 Å². The lowest BCUT2D eigenvalue weighted by Gasteiger charge is -2.36. The highest BCUT2D eigenvalue weighted by Crippen LogP contribution is 2.27. The quantitative estimate of drug-likeness (QED) is 0.670. The highest BCUT2D eigenvalue weighted by Gasteiger charge is 2.22. The molecule has 0 saturated carbocycles. The Hall–Kier alpha value is -2.17. The zero-order chi connectivity index (χ0) is 18.1. The van der Waals surface area contributed by atoms with Gasteiger partial charge in [0, 0.05) is 43.6 Å². The van der Waals surface area contributed by atoms with Crippen molar-refractivity contribution in [2.75, 3.05) is 31.1 Å². The molecule has 3 aromatic rings. The van der Waals surface area contributed by atoms with Gasteiger partial charge in [-0.2, -0.15) is 0 Å². The molecule has 0 aliphatic carbocycles. The zero-order valence-corrected chi connectivity index (χ0v) is 15.7. The van der Waals surface area contributed by atoms with Gasteiger partial charge in [0.2, 0.25) is 5.91 Å². The highest BCUT2D eigenvalue weighted by molar-refractivity contribution is 6.42. The van der Waals surface area contributed by atoms with E-state index in [9.17, 15) is 4.79 Å². The van der Waals surface area contributed by atoms with E-state index in [0.717, 1.165) is 29.7 Å². The first kappa shape index (κ1) is 17.3. The van der Waals surface area contributed by atoms with E-state index >= 15 is 0 Å². The van der Waals surface area contributed by atoms with Crippen molar-refractivity contribution in [2.24, 2.45) is 0 Å². The molecular weight excluding hydrogens is 369 g/mol. The maximum absolute atomic E-state index is 12.7. The van der Waals surface area contributed by atoms with Crippen LogP contribution in [0.2, 0.25) is 10.0 Å². The Kier molecular flexibility index (Phi) is 4.79. The van der Waals surface area contributed by atoms with Crippen molar-refractivity contribution in [1.29, 1.82) is 0 Å². The summed E-state index contributed by atoms with van der Waals surface area (Å²) in [5.74, 6) is 0.153. The van der Waals surface area contributed by atoms with E-state index in [1.54, 1.807) is 0 Å². The predicted octanol–water partition coefficient (Wildman–Crippen LogP) is 4.30. The molecule has 26 heavy (non-hydrogen) atoms. The van der Waals surface area contributed by atoms with Crippen LogP contribution in [0.15, 0.2) is 54.7 Å². The summed E-state index contributed by atoms with van der Waals surface area (Å²) in [7, 11) is 0. The zero-order valence-electron chi connectivity index (χ0n) is 14.2. The van der Waals surface area contributed by atoms with Gasteiger partial charge >= 0.3 is 0 Å². The van der Waals surface area contributed by atoms with Crippen molar-refractivity contribution in [2.45, 2.75) is 6.54 Å². The Morgan fingerprint density at radius 1 is 0.923 bits per heavy atom. The molecule has 2 heterocycles. The number of fused-ring (bicyclic) bond motifs is 1. The first-order chi connectivity index (χ1) is 12.6. The summed E-state index contributed by atoms with van der Waals surface area (Å²) in [5.41, 5.74) is 2.14. The Morgan fingerprint density at radius 3 is 2.46 bits per heavy atom. The SMILES string of the molecule is O=C(Cn1ccc2ccccc21)N1CCN(c2ccc(Cl)c(Cl)c2)CC1. The van der Waals surface area contributed by atoms with Gasteiger partial charge in [-0.05, 0) is 35.7 Å². The molecule has 0 unspecified atom stereocenters. The molecule has 1 amide bonds. The number of hydrogen-bond acceptors (Lipinski definition) is 2. The van der Waals surface area contributed by atoms with Gasteiger partial charge in [0.25, 0.3) is 0 Å². The van der Waals surface area contributed by atoms with E-state index in [1.807, 2.05) is 58.1 Å². The van der Waals surface area contributed by atoms with Crippen LogP contribution in [0.4, 0.5) is 5.69 Å². The van der Waals surface area contributed by atoms with Crippen LogP contribution in [0, 0.1) is 0 Å². The number of para-hydroxylation sites is 1. The third-order valence-corrected chi connectivity index (χ3v) is 5.63. The standard InChI is InChI=1S/C20H19Cl2N3O/c21-17-6-5-16(13-18(17)22)23-9-11-24(12-10-23)20(26)14-25-8-7-15-3-1-2-4-19(15)25/h1-8,13H,9-12,14H2. The van der Waals surface area contributed by atoms with Gasteiger partial charge < -0.3 is 14.4 Å². The molecule has 0 N–H and O–H groups in total. The van der Waals surface area contributed by atoms with E-state index in [-0.39, 0.29) is 5.91 Å². The van der Waals surface area contributed by atoms with Crippen molar-refractivity contribution in [3.63, 3.8) is 0 Å². The summed E-state index contributed by atoms with van der Waals surface area (Å²) >= 11 is 12.1. The number of aromatic nitrogens is 1. The Labute approximate surface area is 162 Å². The minimum absolute atomic E-state index is 0.153. The third kappa shape index (κ3) is 3.39. The molecule has 0 atom stereocenters. The van der Waals surface area contributed by atoms with Gasteiger partial charge in [0.15, 0.2) is 0 Å². The van der Waals surface area contributed by atoms with Crippen molar-refractivity contribution in [1.82, 2.24) is 9.47 Å². The maximum atomic E-state index is 12.7. The Morgan fingerprint density at radius 2 is 1.69 bits per heavy atom. The number of piperazine rings is 1. The average molecular weight is 388 g/mol. The van der Waals surface area contributed by atoms with Crippen LogP contribution in [-0.4, -0.2) is 41.6 Å². The summed E-state index contributed by atoms with van der Waals surface area (Å²) in [4.78, 5) is 16.9. The largest absolute Gasteiger partial charge is 0.368 e. The number of anilines is 1. The molecular formula is C20H19Cl2N3O. The fraction of sp³-hybridized carbons (Fsp3) is 0.250. The van der Waals surface area contributed by atoms with Crippen LogP contribution in [0.25, 0.3) is 10.9 Å². The Bertz CT molecular complexity index is 945. The molecule has 1 fully saturated rings. The first-order valence-electron chi connectivity index (χ1n) is 8.63. The molecule has 4 rings (SSSR count). The van der Waals surface area contributed by atoms with Crippen molar-refractivity contribution in [3.8, 4) is 0 Å². The lowest BCUT2D eigenvalue weighted by Crippen LogP contribution is -2.49. The van der Waals surface area contributed by atoms with Gasteiger partial charge in [-0.1, -0.05) is 41.4 Å². The second-order valence-electron chi connectivity index (χ2n) is 6.47. The first-order valence-corrected chi connectivity index (χ1v) is 9.39. The minimum atomic E-state index is 0.153. The number of nitrogens with zero attached hydrogens (tertiary/aromatic N) is 3. The summed E-state index contributed by atoms with van der Waals surface area (Å²) in [5, 5.41) is 2.27. The van der Waals surface area contributed by atoms with E-state index in [4.69, 9.17) is 23.2 Å². The minimum Gasteiger partial charge on any atom is -0.368 e. The van der Waals surface area contributed by atoms with Crippen LogP contribution in [0.5, 0.6) is 0 Å². The number of benzene rings is 2. The van der Waals surface area contributed by atoms with Crippen LogP contribution in [0.1, 0.15) is 0 Å². The molecule has 4 nitrogen and oxygen atoms in total. The molecule has 2 aromatic carbocycles. The molecule has 1 aromatic heterocycles. The van der Waals surface area contributed by atoms with E-state index in [0.29, 0.717) is 29.7 Å². The number of carbonyl (C=O) groups is 1. The lowest BCUT2D eigenvalue weighted by molar-refractivity contribution is -0.132. The second kappa shape index (κ2) is 7.22. The monoisotopic (exact) mass is 387 g/mol. The summed E-state index contributed by atoms with van der Waals surface area (Å²) in [6, 6.07) is 15.8. The number of rotatable bonds is 3. The smallest absolute Gasteiger partial charge is 0.242 e. The number of halogens is 2. The van der Waals surface area contributed by atoms with Crippen LogP contribution < -0.4 is 4.90 Å². The van der Waals surface area contributed by atoms with Gasteiger partial charge in [0.1, 0.15) is 6.54 Å². The van der Waals surface area contributed by atoms with Gasteiger partial charge in [-0.3, -0.25) is 4.79 Å². The molecule has 0 spiro atoms. The molecule has 134 valence electrons. The summed E-state index contributed by atoms with van der Waals surface area (Å²) in [6.45, 7) is 3.36. The van der Waals surface area contributed by atoms with Gasteiger partial charge in [0.05, 0.1) is 10.0 Å². The number of amides is 1. The fourth-order valence-corrected chi connectivity index (χ4v) is 3.71. The van der Waals surface area contributed by atoms with Crippen molar-refractivity contribution >= 4 is 45.7 Å². The summed E-state index contributed by atoms with van der Waals surface area (Å²) in [6.07, 6.45) is 1.98. The molecule has 1 aliphatic heterocycles. The van der Waals surface area contributed by atoms with E-state index in [2.05, 4.69) is 11.0 Å². The second-order valence-corrected chi connectivity index (χ2v) is 7.28. The molecule has 1 saturated heterocycles. The lowest BCUT2D eigenvalue weighted by atomic mass is 10.2. The fourth-order valence-electron chi connectivity index (χ4n) is 3.42. The summed E-state index contributed by atoms with van der Waals surface area (Å²) < 4.78 is 2.02. The van der Waals surface area contributed by atoms with Gasteiger partial charge in [-0.25, -0.2) is 0 Å². The van der Waals surface area contributed by atoms with E-state index < -0.39 is 0 Å². The topological polar surface area (TPSA) is 28.5 Å². The molecule has 0 radical (unpaired) electrons. The highest BCUT2D eigenvalue weighted by atomic mass is 35.5. The average Bonchev–Trinajstić information content (AvgIpc) is 3.07. The Balaban J connectivity index is 1.39. The molecule has 1 aliphatic rings. The molecule has 6 heteroatoms. The third-order valence-electron chi connectivity index (χ3n) is 4.89. The van der Waals surface area contributed by atoms with Gasteiger partial charge in [-0.15, -0.1) is 0 Å². The van der Waals surface area contributed by atoms with Crippen LogP contribution in [-0.2, 0) is 11.3 Å². The van der Waals surface area contributed by atoms with E-state index in [1.165, 1.54) is 0 Å². The van der Waals surface area contributed by atoms with Crippen molar-refractivity contribution in [3.05, 3.63) is 64.8 Å².